The number of hydrogen-bond acceptors (Lipinski definition) is 3. The smallest absolute Gasteiger partial charge is 0.145 e. The topological polar surface area (TPSA) is 30.3 Å². The average molecular weight is 355 g/mol. The number of fused-ring (bicyclic) bond motifs is 5. The van der Waals surface area contributed by atoms with Crippen molar-refractivity contribution in [2.75, 3.05) is 18.6 Å². The van der Waals surface area contributed by atoms with Gasteiger partial charge in [0.25, 0.3) is 0 Å². The van der Waals surface area contributed by atoms with Gasteiger partial charge in [0.1, 0.15) is 17.7 Å². The van der Waals surface area contributed by atoms with Gasteiger partial charge in [-0.25, -0.2) is 4.98 Å². The highest BCUT2D eigenvalue weighted by Crippen LogP contribution is 2.44. The fourth-order valence-corrected chi connectivity index (χ4v) is 4.11. The van der Waals surface area contributed by atoms with Crippen molar-refractivity contribution in [3.05, 3.63) is 78.4 Å². The second-order valence-electron chi connectivity index (χ2n) is 6.74. The molecule has 4 aromatic rings. The Bertz CT molecular complexity index is 1110. The monoisotopic (exact) mass is 355 g/mol. The van der Waals surface area contributed by atoms with Crippen molar-refractivity contribution in [1.82, 2.24) is 9.55 Å². The van der Waals surface area contributed by atoms with Crippen molar-refractivity contribution < 1.29 is 4.74 Å². The molecule has 1 atom stereocenters. The van der Waals surface area contributed by atoms with Crippen LogP contribution in [0, 0.1) is 0 Å². The van der Waals surface area contributed by atoms with E-state index in [0.29, 0.717) is 0 Å². The number of hydrogen-bond donors (Lipinski definition) is 0. The molecule has 0 bridgehead atoms. The average Bonchev–Trinajstić information content (AvgIpc) is 3.12. The summed E-state index contributed by atoms with van der Waals surface area (Å²) >= 11 is 0. The maximum atomic E-state index is 5.36. The van der Waals surface area contributed by atoms with E-state index in [2.05, 4.69) is 71.0 Å². The van der Waals surface area contributed by atoms with Gasteiger partial charge in [-0.1, -0.05) is 36.4 Å². The number of imidazole rings is 1. The van der Waals surface area contributed by atoms with Gasteiger partial charge >= 0.3 is 0 Å². The molecule has 0 N–H and O–H groups in total. The Labute approximate surface area is 158 Å². The van der Waals surface area contributed by atoms with Crippen LogP contribution in [0.2, 0.25) is 0 Å². The molecule has 5 rings (SSSR count). The maximum Gasteiger partial charge on any atom is 0.145 e. The molecule has 1 unspecified atom stereocenters. The normalized spacial score (nSPS) is 15.5. The number of ether oxygens (including phenoxy) is 1. The second-order valence-corrected chi connectivity index (χ2v) is 6.74. The van der Waals surface area contributed by atoms with Crippen LogP contribution in [0.25, 0.3) is 22.4 Å². The number of nitrogens with zero attached hydrogens (tertiary/aromatic N) is 3. The highest BCUT2D eigenvalue weighted by atomic mass is 16.5. The molecule has 3 aromatic carbocycles. The summed E-state index contributed by atoms with van der Waals surface area (Å²) in [4.78, 5) is 7.43. The van der Waals surface area contributed by atoms with Crippen molar-refractivity contribution in [2.45, 2.75) is 13.1 Å². The van der Waals surface area contributed by atoms with Crippen molar-refractivity contribution in [2.24, 2.45) is 0 Å². The lowest BCUT2D eigenvalue weighted by Crippen LogP contribution is -2.37. The largest absolute Gasteiger partial charge is 0.497 e. The molecular weight excluding hydrogens is 334 g/mol. The van der Waals surface area contributed by atoms with E-state index < -0.39 is 0 Å². The van der Waals surface area contributed by atoms with E-state index in [1.807, 2.05) is 18.2 Å². The van der Waals surface area contributed by atoms with Crippen LogP contribution >= 0.6 is 0 Å². The highest BCUT2D eigenvalue weighted by Gasteiger charge is 2.33. The summed E-state index contributed by atoms with van der Waals surface area (Å²) < 4.78 is 7.72. The maximum absolute atomic E-state index is 5.36. The van der Waals surface area contributed by atoms with Gasteiger partial charge < -0.3 is 9.64 Å². The third kappa shape index (κ3) is 2.33. The third-order valence-electron chi connectivity index (χ3n) is 5.34. The first kappa shape index (κ1) is 15.9. The minimum Gasteiger partial charge on any atom is -0.497 e. The van der Waals surface area contributed by atoms with Crippen LogP contribution in [-0.2, 0) is 0 Å². The molecule has 0 aliphatic carbocycles. The summed E-state index contributed by atoms with van der Waals surface area (Å²) in [5.41, 5.74) is 5.81. The number of aromatic nitrogens is 2. The summed E-state index contributed by atoms with van der Waals surface area (Å²) in [5, 5.41) is 0. The van der Waals surface area contributed by atoms with E-state index in [-0.39, 0.29) is 6.17 Å². The Hall–Kier alpha value is -3.27. The molecule has 4 nitrogen and oxygen atoms in total. The summed E-state index contributed by atoms with van der Waals surface area (Å²) in [6.07, 6.45) is 0.0539. The van der Waals surface area contributed by atoms with E-state index >= 15 is 0 Å². The Morgan fingerprint density at radius 3 is 2.44 bits per heavy atom. The molecule has 27 heavy (non-hydrogen) atoms. The van der Waals surface area contributed by atoms with Gasteiger partial charge in [0.05, 0.1) is 18.1 Å². The number of benzene rings is 3. The Kier molecular flexibility index (Phi) is 3.64. The van der Waals surface area contributed by atoms with E-state index in [1.54, 1.807) is 7.11 Å². The molecule has 4 heteroatoms. The van der Waals surface area contributed by atoms with Crippen LogP contribution in [0.4, 0.5) is 5.69 Å². The summed E-state index contributed by atoms with van der Waals surface area (Å²) in [6, 6.07) is 25.3. The Morgan fingerprint density at radius 2 is 1.67 bits per heavy atom. The number of anilines is 1. The van der Waals surface area contributed by atoms with E-state index in [1.165, 1.54) is 16.8 Å². The second kappa shape index (κ2) is 6.16. The van der Waals surface area contributed by atoms with Crippen LogP contribution in [0.5, 0.6) is 5.75 Å². The highest BCUT2D eigenvalue weighted by molar-refractivity contribution is 5.87. The zero-order valence-corrected chi connectivity index (χ0v) is 15.5. The number of rotatable bonds is 3. The van der Waals surface area contributed by atoms with E-state index in [4.69, 9.17) is 9.72 Å². The molecule has 134 valence electrons. The van der Waals surface area contributed by atoms with Crippen LogP contribution < -0.4 is 9.64 Å². The first-order chi connectivity index (χ1) is 13.3. The van der Waals surface area contributed by atoms with Gasteiger partial charge in [0.15, 0.2) is 0 Å². The summed E-state index contributed by atoms with van der Waals surface area (Å²) in [5.74, 6) is 1.89. The minimum absolute atomic E-state index is 0.0539. The quantitative estimate of drug-likeness (QED) is 0.512. The van der Waals surface area contributed by atoms with Gasteiger partial charge in [-0.15, -0.1) is 0 Å². The first-order valence-electron chi connectivity index (χ1n) is 9.28. The molecule has 0 saturated carbocycles. The molecule has 0 spiro atoms. The fraction of sp³-hybridized carbons (Fsp3) is 0.174. The SMILES string of the molecule is CCN1c2ccccc2-c2nc3ccccc3n2C1c1ccc(OC)cc1. The van der Waals surface area contributed by atoms with Gasteiger partial charge in [0.2, 0.25) is 0 Å². The van der Waals surface area contributed by atoms with Gasteiger partial charge in [-0.3, -0.25) is 4.57 Å². The molecule has 1 aromatic heterocycles. The van der Waals surface area contributed by atoms with Crippen molar-refractivity contribution in [3.8, 4) is 17.1 Å². The predicted molar refractivity (Wildman–Crippen MR) is 109 cm³/mol. The zero-order valence-electron chi connectivity index (χ0n) is 15.5. The molecule has 1 aliphatic rings. The zero-order chi connectivity index (χ0) is 18.4. The molecule has 2 heterocycles. The van der Waals surface area contributed by atoms with Crippen molar-refractivity contribution in [1.29, 1.82) is 0 Å². The lowest BCUT2D eigenvalue weighted by Gasteiger charge is -2.40. The molecular formula is C23H21N3O. The third-order valence-corrected chi connectivity index (χ3v) is 5.34. The molecule has 1 aliphatic heterocycles. The van der Waals surface area contributed by atoms with Gasteiger partial charge in [0, 0.05) is 17.8 Å². The lowest BCUT2D eigenvalue weighted by molar-refractivity contribution is 0.414. The van der Waals surface area contributed by atoms with E-state index in [9.17, 15) is 0 Å². The van der Waals surface area contributed by atoms with Crippen LogP contribution in [0.3, 0.4) is 0 Å². The molecule has 0 fully saturated rings. The van der Waals surface area contributed by atoms with Gasteiger partial charge in [-0.2, -0.15) is 0 Å². The van der Waals surface area contributed by atoms with Crippen molar-refractivity contribution in [3.63, 3.8) is 0 Å². The Balaban J connectivity index is 1.82. The van der Waals surface area contributed by atoms with Gasteiger partial charge in [-0.05, 0) is 48.9 Å². The summed E-state index contributed by atoms with van der Waals surface area (Å²) in [7, 11) is 1.70. The lowest BCUT2D eigenvalue weighted by atomic mass is 10.0. The molecule has 0 radical (unpaired) electrons. The number of para-hydroxylation sites is 3. The first-order valence-corrected chi connectivity index (χ1v) is 9.28. The van der Waals surface area contributed by atoms with Crippen molar-refractivity contribution >= 4 is 16.7 Å². The van der Waals surface area contributed by atoms with Crippen LogP contribution in [0.1, 0.15) is 18.7 Å². The van der Waals surface area contributed by atoms with Crippen LogP contribution in [0.15, 0.2) is 72.8 Å². The number of methoxy groups -OCH3 is 1. The summed E-state index contributed by atoms with van der Waals surface area (Å²) in [6.45, 7) is 3.11. The minimum atomic E-state index is 0.0539. The standard InChI is InChI=1S/C23H21N3O/c1-3-25-20-10-6-4-8-18(20)22-24-19-9-5-7-11-21(19)26(22)23(25)16-12-14-17(27-2)15-13-16/h4-15,23H,3H2,1-2H3. The fourth-order valence-electron chi connectivity index (χ4n) is 4.11. The predicted octanol–water partition coefficient (Wildman–Crippen LogP) is 5.10. The van der Waals surface area contributed by atoms with E-state index in [0.717, 1.165) is 29.2 Å². The Morgan fingerprint density at radius 1 is 0.926 bits per heavy atom. The van der Waals surface area contributed by atoms with Crippen LogP contribution in [-0.4, -0.2) is 23.2 Å². The molecule has 0 saturated heterocycles. The molecule has 0 amide bonds.